The minimum absolute atomic E-state index is 0.105. The molecule has 0 N–H and O–H groups in total. The van der Waals surface area contributed by atoms with Crippen LogP contribution in [-0.4, -0.2) is 16.8 Å². The third kappa shape index (κ3) is 3.07. The number of aryl methyl sites for hydroxylation is 1. The highest BCUT2D eigenvalue weighted by molar-refractivity contribution is 5.94. The summed E-state index contributed by atoms with van der Waals surface area (Å²) in [5, 5.41) is 0. The second kappa shape index (κ2) is 6.32. The average molecular weight is 429 g/mol. The van der Waals surface area contributed by atoms with Crippen molar-refractivity contribution in [2.24, 2.45) is 15.8 Å². The molecule has 1 aromatic heterocycles. The van der Waals surface area contributed by atoms with Crippen LogP contribution in [0.5, 0.6) is 0 Å². The molecule has 0 bridgehead atoms. The summed E-state index contributed by atoms with van der Waals surface area (Å²) in [6, 6.07) is 13.6. The number of rotatable bonds is 2. The number of oxazole rings is 1. The summed E-state index contributed by atoms with van der Waals surface area (Å²) < 4.78 is 11.7. The van der Waals surface area contributed by atoms with Gasteiger partial charge in [0, 0.05) is 23.6 Å². The summed E-state index contributed by atoms with van der Waals surface area (Å²) >= 11 is 0. The predicted molar refractivity (Wildman–Crippen MR) is 128 cm³/mol. The first-order chi connectivity index (χ1) is 15.1. The topological polar surface area (TPSA) is 50.9 Å². The molecular formula is C28H32N2O2. The Labute approximate surface area is 190 Å². The Balaban J connectivity index is 1.57. The SMILES string of the molecule is CC1=Nc2cc(C3(c4ccc5oc(C)nc5c4)CC(C)(C)CC(C)(C)C3)ccc2C2OC12. The molecule has 1 saturated heterocycles. The van der Waals surface area contributed by atoms with Gasteiger partial charge in [0.1, 0.15) is 17.7 Å². The number of aliphatic imine (C=N–C) groups is 1. The van der Waals surface area contributed by atoms with Gasteiger partial charge in [-0.25, -0.2) is 4.98 Å². The standard InChI is InChI=1S/C28H32N2O2/c1-16-24-25(32-24)20-9-7-18(11-21(20)29-16)28(14-26(3,4)13-27(5,6)15-28)19-8-10-23-22(12-19)30-17(2)31-23/h7-12,24-25H,13-15H2,1-6H3. The third-order valence-electron chi connectivity index (χ3n) is 7.65. The fourth-order valence-electron chi connectivity index (χ4n) is 7.13. The molecule has 166 valence electrons. The summed E-state index contributed by atoms with van der Waals surface area (Å²) in [5.74, 6) is 0.716. The number of aromatic nitrogens is 1. The van der Waals surface area contributed by atoms with Crippen LogP contribution in [0.2, 0.25) is 0 Å². The van der Waals surface area contributed by atoms with Gasteiger partial charge in [-0.1, -0.05) is 45.9 Å². The van der Waals surface area contributed by atoms with E-state index in [4.69, 9.17) is 14.1 Å². The van der Waals surface area contributed by atoms with Crippen molar-refractivity contribution in [1.29, 1.82) is 0 Å². The lowest BCUT2D eigenvalue weighted by atomic mass is 9.51. The second-order valence-corrected chi connectivity index (χ2v) is 11.9. The Morgan fingerprint density at radius 2 is 1.53 bits per heavy atom. The van der Waals surface area contributed by atoms with E-state index in [0.29, 0.717) is 5.89 Å². The Bertz CT molecular complexity index is 1260. The summed E-state index contributed by atoms with van der Waals surface area (Å²) in [7, 11) is 0. The highest BCUT2D eigenvalue weighted by Gasteiger charge is 2.51. The van der Waals surface area contributed by atoms with E-state index in [-0.39, 0.29) is 28.5 Å². The smallest absolute Gasteiger partial charge is 0.192 e. The highest BCUT2D eigenvalue weighted by atomic mass is 16.6. The first-order valence-electron chi connectivity index (χ1n) is 11.8. The van der Waals surface area contributed by atoms with Gasteiger partial charge in [-0.05, 0) is 66.3 Å². The molecule has 3 aromatic rings. The molecule has 0 amide bonds. The van der Waals surface area contributed by atoms with Gasteiger partial charge in [0.05, 0.1) is 5.69 Å². The maximum Gasteiger partial charge on any atom is 0.192 e. The highest BCUT2D eigenvalue weighted by Crippen LogP contribution is 2.59. The molecule has 6 rings (SSSR count). The molecule has 1 aliphatic carbocycles. The lowest BCUT2D eigenvalue weighted by Crippen LogP contribution is -2.45. The Morgan fingerprint density at radius 1 is 0.844 bits per heavy atom. The van der Waals surface area contributed by atoms with E-state index in [9.17, 15) is 0 Å². The van der Waals surface area contributed by atoms with Crippen LogP contribution in [0.1, 0.15) is 82.6 Å². The number of hydrogen-bond donors (Lipinski definition) is 0. The summed E-state index contributed by atoms with van der Waals surface area (Å²) in [4.78, 5) is 9.60. The number of epoxide rings is 1. The first kappa shape index (κ1) is 20.2. The van der Waals surface area contributed by atoms with Crippen LogP contribution < -0.4 is 0 Å². The van der Waals surface area contributed by atoms with Crippen molar-refractivity contribution in [3.63, 3.8) is 0 Å². The van der Waals surface area contributed by atoms with Gasteiger partial charge in [-0.3, -0.25) is 4.99 Å². The number of ether oxygens (including phenoxy) is 1. The zero-order chi connectivity index (χ0) is 22.5. The van der Waals surface area contributed by atoms with Gasteiger partial charge in [0.25, 0.3) is 0 Å². The fourth-order valence-corrected chi connectivity index (χ4v) is 7.13. The molecule has 2 unspecified atom stereocenters. The average Bonchev–Trinajstić information content (AvgIpc) is 3.40. The van der Waals surface area contributed by atoms with Crippen molar-refractivity contribution in [3.8, 4) is 0 Å². The van der Waals surface area contributed by atoms with Crippen molar-refractivity contribution < 1.29 is 9.15 Å². The Kier molecular flexibility index (Phi) is 3.98. The maximum atomic E-state index is 5.88. The van der Waals surface area contributed by atoms with Gasteiger partial charge in [-0.15, -0.1) is 0 Å². The Morgan fingerprint density at radius 3 is 2.28 bits per heavy atom. The summed E-state index contributed by atoms with van der Waals surface area (Å²) in [6.45, 7) is 13.7. The van der Waals surface area contributed by atoms with E-state index in [2.05, 4.69) is 76.0 Å². The van der Waals surface area contributed by atoms with Crippen LogP contribution in [0.25, 0.3) is 11.1 Å². The number of benzene rings is 2. The minimum Gasteiger partial charge on any atom is -0.441 e. The van der Waals surface area contributed by atoms with Crippen molar-refractivity contribution in [2.75, 3.05) is 0 Å². The van der Waals surface area contributed by atoms with Crippen LogP contribution in [0.3, 0.4) is 0 Å². The van der Waals surface area contributed by atoms with Crippen LogP contribution in [0, 0.1) is 17.8 Å². The fraction of sp³-hybridized carbons (Fsp3) is 0.500. The van der Waals surface area contributed by atoms with Gasteiger partial charge in [0.2, 0.25) is 0 Å². The molecule has 0 radical (unpaired) electrons. The zero-order valence-electron chi connectivity index (χ0n) is 20.0. The van der Waals surface area contributed by atoms with E-state index in [0.717, 1.165) is 35.3 Å². The number of fused-ring (bicyclic) bond motifs is 4. The minimum atomic E-state index is -0.105. The van der Waals surface area contributed by atoms with Crippen molar-refractivity contribution >= 4 is 22.5 Å². The molecule has 4 heteroatoms. The normalized spacial score (nSPS) is 26.9. The van der Waals surface area contributed by atoms with Crippen molar-refractivity contribution in [2.45, 2.75) is 78.4 Å². The number of hydrogen-bond acceptors (Lipinski definition) is 4. The molecule has 2 aromatic carbocycles. The third-order valence-corrected chi connectivity index (χ3v) is 7.65. The molecule has 3 aliphatic rings. The van der Waals surface area contributed by atoms with E-state index in [1.165, 1.54) is 23.1 Å². The van der Waals surface area contributed by atoms with E-state index in [1.54, 1.807) is 0 Å². The van der Waals surface area contributed by atoms with Gasteiger partial charge < -0.3 is 9.15 Å². The van der Waals surface area contributed by atoms with Crippen molar-refractivity contribution in [3.05, 3.63) is 59.0 Å². The molecular weight excluding hydrogens is 396 g/mol. The maximum absolute atomic E-state index is 5.88. The molecule has 2 atom stereocenters. The first-order valence-corrected chi connectivity index (χ1v) is 11.8. The molecule has 4 nitrogen and oxygen atoms in total. The monoisotopic (exact) mass is 428 g/mol. The summed E-state index contributed by atoms with van der Waals surface area (Å²) in [6.07, 6.45) is 3.78. The van der Waals surface area contributed by atoms with Crippen LogP contribution >= 0.6 is 0 Å². The quantitative estimate of drug-likeness (QED) is 0.405. The van der Waals surface area contributed by atoms with Crippen LogP contribution in [0.15, 0.2) is 45.8 Å². The van der Waals surface area contributed by atoms with E-state index >= 15 is 0 Å². The molecule has 1 saturated carbocycles. The largest absolute Gasteiger partial charge is 0.441 e. The van der Waals surface area contributed by atoms with E-state index in [1.807, 2.05) is 6.92 Å². The van der Waals surface area contributed by atoms with Gasteiger partial charge in [0.15, 0.2) is 11.5 Å². The van der Waals surface area contributed by atoms with Crippen LogP contribution in [0.4, 0.5) is 5.69 Å². The molecule has 0 spiro atoms. The summed E-state index contributed by atoms with van der Waals surface area (Å²) in [5.41, 5.74) is 8.23. The lowest BCUT2D eigenvalue weighted by molar-refractivity contribution is 0.0627. The van der Waals surface area contributed by atoms with Gasteiger partial charge in [-0.2, -0.15) is 0 Å². The Hall–Kier alpha value is -2.46. The predicted octanol–water partition coefficient (Wildman–Crippen LogP) is 7.20. The molecule has 32 heavy (non-hydrogen) atoms. The van der Waals surface area contributed by atoms with Crippen molar-refractivity contribution in [1.82, 2.24) is 4.98 Å². The molecule has 2 fully saturated rings. The second-order valence-electron chi connectivity index (χ2n) is 11.9. The van der Waals surface area contributed by atoms with Crippen LogP contribution in [-0.2, 0) is 10.2 Å². The number of nitrogens with zero attached hydrogens (tertiary/aromatic N) is 2. The van der Waals surface area contributed by atoms with Gasteiger partial charge >= 0.3 is 0 Å². The molecule has 2 aliphatic heterocycles. The lowest BCUT2D eigenvalue weighted by Gasteiger charge is -2.53. The zero-order valence-corrected chi connectivity index (χ0v) is 20.0. The van der Waals surface area contributed by atoms with E-state index < -0.39 is 0 Å². The molecule has 3 heterocycles.